The van der Waals surface area contributed by atoms with Crippen LogP contribution in [0.25, 0.3) is 0 Å². The summed E-state index contributed by atoms with van der Waals surface area (Å²) in [6, 6.07) is 13.8. The summed E-state index contributed by atoms with van der Waals surface area (Å²) >= 11 is 0. The average molecular weight is 298 g/mol. The third-order valence-electron chi connectivity index (χ3n) is 2.71. The van der Waals surface area contributed by atoms with E-state index in [0.717, 1.165) is 0 Å². The normalized spacial score (nSPS) is 10.4. The number of hydrogen-bond donors (Lipinski definition) is 2. The van der Waals surface area contributed by atoms with Crippen LogP contribution in [0.1, 0.15) is 11.1 Å². The molecule has 0 atom stereocenters. The van der Waals surface area contributed by atoms with E-state index in [1.165, 1.54) is 36.4 Å². The lowest BCUT2D eigenvalue weighted by atomic mass is 10.2. The molecule has 0 aliphatic carbocycles. The highest BCUT2D eigenvalue weighted by molar-refractivity contribution is 7.92. The first-order valence-corrected chi connectivity index (χ1v) is 7.28. The maximum Gasteiger partial charge on any atom is 0.263 e. The Bertz CT molecular complexity index is 877. The molecule has 0 fully saturated rings. The number of benzene rings is 2. The van der Waals surface area contributed by atoms with E-state index in [1.807, 2.05) is 12.1 Å². The van der Waals surface area contributed by atoms with Crippen LogP contribution in [0.15, 0.2) is 47.4 Å². The van der Waals surface area contributed by atoms with Crippen molar-refractivity contribution < 1.29 is 8.42 Å². The van der Waals surface area contributed by atoms with Crippen LogP contribution in [0.4, 0.5) is 11.4 Å². The minimum Gasteiger partial charge on any atom is -0.399 e. The number of anilines is 2. The van der Waals surface area contributed by atoms with E-state index < -0.39 is 10.0 Å². The highest BCUT2D eigenvalue weighted by atomic mass is 32.2. The van der Waals surface area contributed by atoms with Crippen LogP contribution in [0.5, 0.6) is 0 Å². The Balaban J connectivity index is 2.49. The summed E-state index contributed by atoms with van der Waals surface area (Å²) in [6.45, 7) is 0. The summed E-state index contributed by atoms with van der Waals surface area (Å²) in [5.41, 5.74) is 6.15. The third kappa shape index (κ3) is 2.94. The smallest absolute Gasteiger partial charge is 0.263 e. The standard InChI is InChI=1S/C14H10N4O2S/c15-8-10-3-1-2-4-14(10)21(19,20)18-13-6-5-12(17)7-11(13)9-16/h1-7,18H,17H2. The van der Waals surface area contributed by atoms with Crippen molar-refractivity contribution in [2.75, 3.05) is 10.5 Å². The first-order chi connectivity index (χ1) is 9.97. The highest BCUT2D eigenvalue weighted by Gasteiger charge is 2.19. The molecule has 104 valence electrons. The second-order valence-electron chi connectivity index (χ2n) is 4.13. The predicted octanol–water partition coefficient (Wildman–Crippen LogP) is 1.81. The molecule has 3 N–H and O–H groups in total. The Morgan fingerprint density at radius 2 is 1.67 bits per heavy atom. The summed E-state index contributed by atoms with van der Waals surface area (Å²) in [6.07, 6.45) is 0. The van der Waals surface area contributed by atoms with Crippen molar-refractivity contribution in [2.24, 2.45) is 0 Å². The number of hydrogen-bond acceptors (Lipinski definition) is 5. The monoisotopic (exact) mass is 298 g/mol. The number of nitriles is 2. The summed E-state index contributed by atoms with van der Waals surface area (Å²) in [4.78, 5) is -0.145. The SMILES string of the molecule is N#Cc1cc(N)ccc1NS(=O)(=O)c1ccccc1C#N. The number of rotatable bonds is 3. The lowest BCUT2D eigenvalue weighted by Gasteiger charge is -2.10. The van der Waals surface area contributed by atoms with Crippen molar-refractivity contribution >= 4 is 21.4 Å². The predicted molar refractivity (Wildman–Crippen MR) is 77.5 cm³/mol. The highest BCUT2D eigenvalue weighted by Crippen LogP contribution is 2.23. The van der Waals surface area contributed by atoms with Gasteiger partial charge in [-0.3, -0.25) is 4.72 Å². The number of nitrogens with two attached hydrogens (primary N) is 1. The molecule has 0 unspecified atom stereocenters. The van der Waals surface area contributed by atoms with Crippen LogP contribution < -0.4 is 10.5 Å². The van der Waals surface area contributed by atoms with Gasteiger partial charge in [-0.05, 0) is 30.3 Å². The van der Waals surface area contributed by atoms with Crippen LogP contribution in [-0.2, 0) is 10.0 Å². The fourth-order valence-electron chi connectivity index (χ4n) is 1.74. The molecule has 2 rings (SSSR count). The van der Waals surface area contributed by atoms with Crippen LogP contribution >= 0.6 is 0 Å². The maximum absolute atomic E-state index is 12.3. The molecule has 0 bridgehead atoms. The van der Waals surface area contributed by atoms with Crippen LogP contribution in [0.2, 0.25) is 0 Å². The molecule has 0 aliphatic heterocycles. The third-order valence-corrected chi connectivity index (χ3v) is 4.13. The fourth-order valence-corrected chi connectivity index (χ4v) is 2.97. The van der Waals surface area contributed by atoms with E-state index >= 15 is 0 Å². The van der Waals surface area contributed by atoms with Crippen LogP contribution in [0, 0.1) is 22.7 Å². The molecule has 0 aliphatic rings. The first kappa shape index (κ1) is 14.4. The molecule has 0 amide bonds. The largest absolute Gasteiger partial charge is 0.399 e. The van der Waals surface area contributed by atoms with Gasteiger partial charge < -0.3 is 5.73 Å². The van der Waals surface area contributed by atoms with Gasteiger partial charge in [-0.25, -0.2) is 8.42 Å². The molecule has 7 heteroatoms. The van der Waals surface area contributed by atoms with Gasteiger partial charge in [0.2, 0.25) is 0 Å². The molecule has 21 heavy (non-hydrogen) atoms. The zero-order valence-electron chi connectivity index (χ0n) is 10.7. The van der Waals surface area contributed by atoms with E-state index in [9.17, 15) is 8.42 Å². The number of nitrogens with zero attached hydrogens (tertiary/aromatic N) is 2. The number of nitrogen functional groups attached to an aromatic ring is 1. The van der Waals surface area contributed by atoms with Gasteiger partial charge in [-0.2, -0.15) is 10.5 Å². The molecule has 6 nitrogen and oxygen atoms in total. The molecule has 0 saturated carbocycles. The van der Waals surface area contributed by atoms with Gasteiger partial charge in [0.1, 0.15) is 17.0 Å². The Hall–Kier alpha value is -3.03. The lowest BCUT2D eigenvalue weighted by Crippen LogP contribution is -2.15. The van der Waals surface area contributed by atoms with Crippen molar-refractivity contribution in [1.29, 1.82) is 10.5 Å². The maximum atomic E-state index is 12.3. The molecule has 2 aromatic carbocycles. The summed E-state index contributed by atoms with van der Waals surface area (Å²) in [5, 5.41) is 18.0. The topological polar surface area (TPSA) is 120 Å². The molecule has 0 spiro atoms. The van der Waals surface area contributed by atoms with Crippen LogP contribution in [0.3, 0.4) is 0 Å². The van der Waals surface area contributed by atoms with Gasteiger partial charge in [0.05, 0.1) is 16.8 Å². The van der Waals surface area contributed by atoms with E-state index in [2.05, 4.69) is 4.72 Å². The molecular weight excluding hydrogens is 288 g/mol. The van der Waals surface area contributed by atoms with Crippen molar-refractivity contribution in [3.8, 4) is 12.1 Å². The van der Waals surface area contributed by atoms with E-state index in [0.29, 0.717) is 5.69 Å². The molecule has 0 heterocycles. The summed E-state index contributed by atoms with van der Waals surface area (Å²) < 4.78 is 27.0. The quantitative estimate of drug-likeness (QED) is 0.837. The zero-order valence-corrected chi connectivity index (χ0v) is 11.6. The van der Waals surface area contributed by atoms with Crippen LogP contribution in [-0.4, -0.2) is 8.42 Å². The molecule has 2 aromatic rings. The first-order valence-electron chi connectivity index (χ1n) is 5.79. The second-order valence-corrected chi connectivity index (χ2v) is 5.78. The van der Waals surface area contributed by atoms with Gasteiger partial charge in [-0.1, -0.05) is 12.1 Å². The zero-order chi connectivity index (χ0) is 15.5. The van der Waals surface area contributed by atoms with Crippen molar-refractivity contribution in [3.05, 3.63) is 53.6 Å². The lowest BCUT2D eigenvalue weighted by molar-refractivity contribution is 0.601. The van der Waals surface area contributed by atoms with Crippen molar-refractivity contribution in [1.82, 2.24) is 0 Å². The number of sulfonamides is 1. The number of nitrogens with one attached hydrogen (secondary N) is 1. The molecular formula is C14H10N4O2S. The van der Waals surface area contributed by atoms with Gasteiger partial charge in [0.25, 0.3) is 10.0 Å². The molecule has 0 radical (unpaired) electrons. The summed E-state index contributed by atoms with van der Waals surface area (Å²) in [7, 11) is -3.97. The summed E-state index contributed by atoms with van der Waals surface area (Å²) in [5.74, 6) is 0. The molecule has 0 saturated heterocycles. The second kappa shape index (κ2) is 5.53. The molecule has 0 aromatic heterocycles. The van der Waals surface area contributed by atoms with Crippen molar-refractivity contribution in [3.63, 3.8) is 0 Å². The van der Waals surface area contributed by atoms with E-state index in [-0.39, 0.29) is 21.7 Å². The Morgan fingerprint density at radius 1 is 1.00 bits per heavy atom. The van der Waals surface area contributed by atoms with Gasteiger partial charge >= 0.3 is 0 Å². The van der Waals surface area contributed by atoms with Gasteiger partial charge in [0.15, 0.2) is 0 Å². The van der Waals surface area contributed by atoms with E-state index in [4.69, 9.17) is 16.3 Å². The Morgan fingerprint density at radius 3 is 2.33 bits per heavy atom. The average Bonchev–Trinajstić information content (AvgIpc) is 2.48. The van der Waals surface area contributed by atoms with Gasteiger partial charge in [0, 0.05) is 5.69 Å². The van der Waals surface area contributed by atoms with E-state index in [1.54, 1.807) is 6.07 Å². The minimum absolute atomic E-state index is 0.0268. The van der Waals surface area contributed by atoms with Crippen molar-refractivity contribution in [2.45, 2.75) is 4.90 Å². The minimum atomic E-state index is -3.97. The van der Waals surface area contributed by atoms with Gasteiger partial charge in [-0.15, -0.1) is 0 Å². The fraction of sp³-hybridized carbons (Fsp3) is 0. The Labute approximate surface area is 122 Å². The Kier molecular flexibility index (Phi) is 3.79.